The molecule has 9 nitrogen and oxygen atoms in total. The first-order valence-electron chi connectivity index (χ1n) is 8.50. The van der Waals surface area contributed by atoms with Crippen molar-refractivity contribution in [2.24, 2.45) is 5.14 Å². The fraction of sp³-hybridized carbons (Fsp3) is 0.333. The van der Waals surface area contributed by atoms with Gasteiger partial charge in [-0.25, -0.2) is 18.4 Å². The lowest BCUT2D eigenvalue weighted by Gasteiger charge is -2.22. The van der Waals surface area contributed by atoms with Crippen molar-refractivity contribution in [3.05, 3.63) is 47.7 Å². The Morgan fingerprint density at radius 2 is 1.86 bits per heavy atom. The Bertz CT molecular complexity index is 962. The highest BCUT2D eigenvalue weighted by molar-refractivity contribution is 7.89. The lowest BCUT2D eigenvalue weighted by molar-refractivity contribution is -0.135. The maximum absolute atomic E-state index is 12.5. The van der Waals surface area contributed by atoms with E-state index in [1.54, 1.807) is 12.0 Å². The summed E-state index contributed by atoms with van der Waals surface area (Å²) >= 11 is 0. The SMILES string of the molecule is COc1ccc(CN(C(=O)COC(=O)c2ccc(S(N)(=O)=O)o2)C2CC2)cc1. The van der Waals surface area contributed by atoms with Gasteiger partial charge in [0.1, 0.15) is 5.75 Å². The van der Waals surface area contributed by atoms with Gasteiger partial charge in [-0.3, -0.25) is 4.79 Å². The van der Waals surface area contributed by atoms with Gasteiger partial charge < -0.3 is 18.8 Å². The van der Waals surface area contributed by atoms with Crippen molar-refractivity contribution in [2.45, 2.75) is 30.5 Å². The Balaban J connectivity index is 1.59. The molecule has 10 heteroatoms. The van der Waals surface area contributed by atoms with E-state index in [9.17, 15) is 18.0 Å². The molecule has 28 heavy (non-hydrogen) atoms. The molecule has 0 aliphatic heterocycles. The number of nitrogens with two attached hydrogens (primary N) is 1. The summed E-state index contributed by atoms with van der Waals surface area (Å²) in [4.78, 5) is 26.2. The molecule has 0 unspecified atom stereocenters. The zero-order chi connectivity index (χ0) is 20.3. The molecule has 2 N–H and O–H groups in total. The summed E-state index contributed by atoms with van der Waals surface area (Å²) in [5.41, 5.74) is 0.927. The Kier molecular flexibility index (Phi) is 5.71. The lowest BCUT2D eigenvalue weighted by atomic mass is 10.2. The molecule has 1 aliphatic carbocycles. The van der Waals surface area contributed by atoms with E-state index in [4.69, 9.17) is 19.0 Å². The van der Waals surface area contributed by atoms with E-state index in [-0.39, 0.29) is 17.7 Å². The first-order chi connectivity index (χ1) is 13.3. The van der Waals surface area contributed by atoms with Gasteiger partial charge in [0.05, 0.1) is 7.11 Å². The van der Waals surface area contributed by atoms with E-state index in [1.165, 1.54) is 0 Å². The third-order valence-corrected chi connectivity index (χ3v) is 4.99. The number of esters is 1. The Morgan fingerprint density at radius 3 is 2.39 bits per heavy atom. The molecule has 1 fully saturated rings. The average molecular weight is 408 g/mol. The minimum Gasteiger partial charge on any atom is -0.497 e. The number of primary sulfonamides is 1. The number of benzene rings is 1. The number of ether oxygens (including phenoxy) is 2. The minimum absolute atomic E-state index is 0.117. The second kappa shape index (κ2) is 8.03. The Morgan fingerprint density at radius 1 is 1.18 bits per heavy atom. The van der Waals surface area contributed by atoms with E-state index < -0.39 is 27.7 Å². The molecule has 150 valence electrons. The van der Waals surface area contributed by atoms with Crippen molar-refractivity contribution < 1.29 is 31.9 Å². The highest BCUT2D eigenvalue weighted by Crippen LogP contribution is 2.29. The van der Waals surface area contributed by atoms with E-state index in [0.717, 1.165) is 36.3 Å². The van der Waals surface area contributed by atoms with Gasteiger partial charge in [-0.2, -0.15) is 0 Å². The van der Waals surface area contributed by atoms with Crippen LogP contribution in [0.25, 0.3) is 0 Å². The summed E-state index contributed by atoms with van der Waals surface area (Å²) in [6.45, 7) is -0.0851. The van der Waals surface area contributed by atoms with Gasteiger partial charge in [0.15, 0.2) is 6.61 Å². The van der Waals surface area contributed by atoms with Crippen LogP contribution in [0.1, 0.15) is 29.0 Å². The molecule has 1 amide bonds. The first-order valence-corrected chi connectivity index (χ1v) is 10.0. The number of furan rings is 1. The van der Waals surface area contributed by atoms with E-state index in [2.05, 4.69) is 0 Å². The molecular formula is C18H20N2O7S. The lowest BCUT2D eigenvalue weighted by Crippen LogP contribution is -2.36. The van der Waals surface area contributed by atoms with Gasteiger partial charge in [0, 0.05) is 12.6 Å². The molecule has 1 heterocycles. The van der Waals surface area contributed by atoms with Crippen molar-refractivity contribution in [1.82, 2.24) is 4.90 Å². The maximum Gasteiger partial charge on any atom is 0.374 e. The van der Waals surface area contributed by atoms with Gasteiger partial charge in [-0.1, -0.05) is 12.1 Å². The van der Waals surface area contributed by atoms with E-state index in [0.29, 0.717) is 6.54 Å². The molecule has 0 radical (unpaired) electrons. The van der Waals surface area contributed by atoms with Crippen LogP contribution in [0.2, 0.25) is 0 Å². The molecule has 0 spiro atoms. The van der Waals surface area contributed by atoms with E-state index in [1.807, 2.05) is 24.3 Å². The highest BCUT2D eigenvalue weighted by Gasteiger charge is 2.33. The minimum atomic E-state index is -4.06. The first kappa shape index (κ1) is 19.9. The third-order valence-electron chi connectivity index (χ3n) is 4.21. The fourth-order valence-corrected chi connectivity index (χ4v) is 3.06. The summed E-state index contributed by atoms with van der Waals surface area (Å²) in [6, 6.07) is 9.65. The average Bonchev–Trinajstić information content (AvgIpc) is 3.37. The Labute approximate surface area is 162 Å². The van der Waals surface area contributed by atoms with Gasteiger partial charge in [0.25, 0.3) is 15.9 Å². The zero-order valence-corrected chi connectivity index (χ0v) is 16.0. The number of carbonyl (C=O) groups is 2. The molecule has 1 saturated carbocycles. The van der Waals surface area contributed by atoms with Gasteiger partial charge in [0.2, 0.25) is 10.9 Å². The monoisotopic (exact) mass is 408 g/mol. The third kappa shape index (κ3) is 4.90. The number of methoxy groups -OCH3 is 1. The highest BCUT2D eigenvalue weighted by atomic mass is 32.2. The quantitative estimate of drug-likeness (QED) is 0.651. The molecule has 0 saturated heterocycles. The van der Waals surface area contributed by atoms with Crippen LogP contribution in [0.3, 0.4) is 0 Å². The zero-order valence-electron chi connectivity index (χ0n) is 15.2. The summed E-state index contributed by atoms with van der Waals surface area (Å²) in [7, 11) is -2.48. The number of amides is 1. The summed E-state index contributed by atoms with van der Waals surface area (Å²) < 4.78 is 37.3. The molecule has 3 rings (SSSR count). The molecule has 1 aliphatic rings. The van der Waals surface area contributed by atoms with Crippen molar-refractivity contribution >= 4 is 21.9 Å². The van der Waals surface area contributed by atoms with Gasteiger partial charge >= 0.3 is 5.97 Å². The van der Waals surface area contributed by atoms with Crippen molar-refractivity contribution in [3.8, 4) is 5.75 Å². The van der Waals surface area contributed by atoms with Crippen LogP contribution in [-0.2, 0) is 26.1 Å². The standard InChI is InChI=1S/C18H20N2O7S/c1-25-14-6-2-12(3-7-14)10-20(13-4-5-13)16(21)11-26-18(22)15-8-9-17(27-15)28(19,23)24/h2-3,6-9,13H,4-5,10-11H2,1H3,(H2,19,23,24). The number of carbonyl (C=O) groups excluding carboxylic acids is 2. The molecule has 0 bridgehead atoms. The summed E-state index contributed by atoms with van der Waals surface area (Å²) in [5, 5.41) is 4.37. The molecule has 2 aromatic rings. The maximum atomic E-state index is 12.5. The van der Waals surface area contributed by atoms with Crippen LogP contribution in [-0.4, -0.2) is 45.0 Å². The predicted octanol–water partition coefficient (Wildman–Crippen LogP) is 1.28. The van der Waals surface area contributed by atoms with E-state index >= 15 is 0 Å². The number of sulfonamides is 1. The smallest absolute Gasteiger partial charge is 0.374 e. The van der Waals surface area contributed by atoms with Crippen LogP contribution in [0.5, 0.6) is 5.75 Å². The summed E-state index contributed by atoms with van der Waals surface area (Å²) in [6.07, 6.45) is 1.79. The van der Waals surface area contributed by atoms with Crippen molar-refractivity contribution in [1.29, 1.82) is 0 Å². The van der Waals surface area contributed by atoms with Gasteiger partial charge in [-0.15, -0.1) is 0 Å². The van der Waals surface area contributed by atoms with Crippen molar-refractivity contribution in [2.75, 3.05) is 13.7 Å². The molecule has 1 aromatic heterocycles. The van der Waals surface area contributed by atoms with Crippen LogP contribution in [0.4, 0.5) is 0 Å². The second-order valence-electron chi connectivity index (χ2n) is 6.34. The Hall–Kier alpha value is -2.85. The predicted molar refractivity (Wildman–Crippen MR) is 96.9 cm³/mol. The summed E-state index contributed by atoms with van der Waals surface area (Å²) in [5.74, 6) is -0.905. The number of hydrogen-bond acceptors (Lipinski definition) is 7. The molecule has 0 atom stereocenters. The van der Waals surface area contributed by atoms with Gasteiger partial charge in [-0.05, 0) is 42.7 Å². The van der Waals surface area contributed by atoms with Crippen molar-refractivity contribution in [3.63, 3.8) is 0 Å². The van der Waals surface area contributed by atoms with Crippen LogP contribution in [0, 0.1) is 0 Å². The van der Waals surface area contributed by atoms with Crippen LogP contribution < -0.4 is 9.88 Å². The number of rotatable bonds is 8. The topological polar surface area (TPSA) is 129 Å². The van der Waals surface area contributed by atoms with Crippen LogP contribution in [0.15, 0.2) is 45.9 Å². The van der Waals surface area contributed by atoms with Crippen LogP contribution >= 0.6 is 0 Å². The molecule has 1 aromatic carbocycles. The second-order valence-corrected chi connectivity index (χ2v) is 7.83. The number of nitrogens with zero attached hydrogens (tertiary/aromatic N) is 1. The largest absolute Gasteiger partial charge is 0.497 e. The number of hydrogen-bond donors (Lipinski definition) is 1. The normalized spacial score (nSPS) is 13.8. The fourth-order valence-electron chi connectivity index (χ4n) is 2.60. The molecular weight excluding hydrogens is 388 g/mol.